The SMILES string of the molecule is COc1cc(C#CCS)ccc1CC(=O)O. The Hall–Kier alpha value is -1.60. The summed E-state index contributed by atoms with van der Waals surface area (Å²) in [5, 5.41) is 8.70. The number of benzene rings is 1. The first kappa shape index (κ1) is 12.5. The van der Waals surface area contributed by atoms with Crippen LogP contribution in [0.5, 0.6) is 5.75 Å². The number of hydrogen-bond donors (Lipinski definition) is 2. The van der Waals surface area contributed by atoms with E-state index in [9.17, 15) is 4.79 Å². The van der Waals surface area contributed by atoms with Crippen LogP contribution in [0.2, 0.25) is 0 Å². The molecule has 0 spiro atoms. The molecule has 84 valence electrons. The molecule has 0 aliphatic heterocycles. The minimum atomic E-state index is -0.882. The number of thiol groups is 1. The van der Waals surface area contributed by atoms with Crippen LogP contribution in [0.15, 0.2) is 18.2 Å². The van der Waals surface area contributed by atoms with Gasteiger partial charge in [0, 0.05) is 11.1 Å². The van der Waals surface area contributed by atoms with Gasteiger partial charge in [0.05, 0.1) is 19.3 Å². The highest BCUT2D eigenvalue weighted by Gasteiger charge is 2.07. The van der Waals surface area contributed by atoms with Crippen molar-refractivity contribution >= 4 is 18.6 Å². The van der Waals surface area contributed by atoms with Crippen LogP contribution in [0, 0.1) is 11.8 Å². The number of rotatable bonds is 3. The highest BCUT2D eigenvalue weighted by molar-refractivity contribution is 7.80. The Morgan fingerprint density at radius 3 is 2.88 bits per heavy atom. The van der Waals surface area contributed by atoms with E-state index in [1.807, 2.05) is 0 Å². The number of carbonyl (C=O) groups is 1. The standard InChI is InChI=1S/C12H12O3S/c1-15-11-7-9(3-2-6-16)4-5-10(11)8-12(13)14/h4-5,7,16H,6,8H2,1H3,(H,13,14). The van der Waals surface area contributed by atoms with Gasteiger partial charge < -0.3 is 9.84 Å². The van der Waals surface area contributed by atoms with Crippen LogP contribution in [0.4, 0.5) is 0 Å². The Labute approximate surface area is 99.8 Å². The van der Waals surface area contributed by atoms with Crippen LogP contribution in [0.1, 0.15) is 11.1 Å². The number of carboxylic acids is 1. The summed E-state index contributed by atoms with van der Waals surface area (Å²) in [6, 6.07) is 5.22. The summed E-state index contributed by atoms with van der Waals surface area (Å²) in [4.78, 5) is 10.6. The van der Waals surface area contributed by atoms with Crippen molar-refractivity contribution in [1.82, 2.24) is 0 Å². The molecule has 0 aliphatic rings. The van der Waals surface area contributed by atoms with Gasteiger partial charge in [-0.15, -0.1) is 0 Å². The van der Waals surface area contributed by atoms with Crippen molar-refractivity contribution in [2.24, 2.45) is 0 Å². The Morgan fingerprint density at radius 1 is 1.56 bits per heavy atom. The van der Waals surface area contributed by atoms with E-state index in [1.165, 1.54) is 7.11 Å². The maximum Gasteiger partial charge on any atom is 0.307 e. The Morgan fingerprint density at radius 2 is 2.31 bits per heavy atom. The molecular weight excluding hydrogens is 224 g/mol. The molecule has 0 aromatic heterocycles. The van der Waals surface area contributed by atoms with Crippen molar-refractivity contribution in [1.29, 1.82) is 0 Å². The van der Waals surface area contributed by atoms with E-state index in [2.05, 4.69) is 24.5 Å². The molecule has 1 aromatic rings. The third kappa shape index (κ3) is 3.52. The quantitative estimate of drug-likeness (QED) is 0.619. The largest absolute Gasteiger partial charge is 0.496 e. The van der Waals surface area contributed by atoms with Crippen molar-refractivity contribution in [2.75, 3.05) is 12.9 Å². The summed E-state index contributed by atoms with van der Waals surface area (Å²) in [7, 11) is 1.51. The summed E-state index contributed by atoms with van der Waals surface area (Å²) in [6.07, 6.45) is -0.0521. The molecule has 0 unspecified atom stereocenters. The van der Waals surface area contributed by atoms with Crippen LogP contribution in [-0.2, 0) is 11.2 Å². The zero-order valence-electron chi connectivity index (χ0n) is 8.86. The number of hydrogen-bond acceptors (Lipinski definition) is 3. The van der Waals surface area contributed by atoms with E-state index < -0.39 is 5.97 Å². The van der Waals surface area contributed by atoms with Crippen molar-refractivity contribution in [3.63, 3.8) is 0 Å². The average Bonchev–Trinajstić information content (AvgIpc) is 2.27. The zero-order chi connectivity index (χ0) is 12.0. The fourth-order valence-corrected chi connectivity index (χ4v) is 1.35. The second kappa shape index (κ2) is 6.09. The van der Waals surface area contributed by atoms with E-state index in [-0.39, 0.29) is 6.42 Å². The molecule has 3 nitrogen and oxygen atoms in total. The average molecular weight is 236 g/mol. The van der Waals surface area contributed by atoms with Crippen molar-refractivity contribution < 1.29 is 14.6 Å². The zero-order valence-corrected chi connectivity index (χ0v) is 9.75. The summed E-state index contributed by atoms with van der Waals surface area (Å²) in [5.41, 5.74) is 1.44. The second-order valence-electron chi connectivity index (χ2n) is 3.06. The maximum atomic E-state index is 10.6. The minimum absolute atomic E-state index is 0.0521. The predicted molar refractivity (Wildman–Crippen MR) is 65.1 cm³/mol. The fraction of sp³-hybridized carbons (Fsp3) is 0.250. The second-order valence-corrected chi connectivity index (χ2v) is 3.37. The summed E-state index contributed by atoms with van der Waals surface area (Å²) in [5.74, 6) is 5.87. The Kier molecular flexibility index (Phi) is 4.74. The van der Waals surface area contributed by atoms with Gasteiger partial charge >= 0.3 is 5.97 Å². The van der Waals surface area contributed by atoms with Gasteiger partial charge in [0.15, 0.2) is 0 Å². The molecule has 4 heteroatoms. The Balaban J connectivity index is 3.01. The lowest BCUT2D eigenvalue weighted by atomic mass is 10.1. The molecule has 1 rings (SSSR count). The predicted octanol–water partition coefficient (Wildman–Crippen LogP) is 1.60. The fourth-order valence-electron chi connectivity index (χ4n) is 1.27. The number of aliphatic carboxylic acids is 1. The van der Waals surface area contributed by atoms with E-state index in [0.717, 1.165) is 5.56 Å². The van der Waals surface area contributed by atoms with E-state index in [1.54, 1.807) is 18.2 Å². The topological polar surface area (TPSA) is 46.5 Å². The van der Waals surface area contributed by atoms with Gasteiger partial charge in [0.2, 0.25) is 0 Å². The molecule has 0 bridgehead atoms. The van der Waals surface area contributed by atoms with Crippen molar-refractivity contribution in [3.8, 4) is 17.6 Å². The third-order valence-corrected chi connectivity index (χ3v) is 2.10. The van der Waals surface area contributed by atoms with Crippen molar-refractivity contribution in [3.05, 3.63) is 29.3 Å². The lowest BCUT2D eigenvalue weighted by molar-refractivity contribution is -0.136. The van der Waals surface area contributed by atoms with E-state index >= 15 is 0 Å². The summed E-state index contributed by atoms with van der Waals surface area (Å²) in [6.45, 7) is 0. The smallest absolute Gasteiger partial charge is 0.307 e. The molecule has 0 atom stereocenters. The first-order chi connectivity index (χ1) is 7.67. The molecule has 0 aliphatic carbocycles. The van der Waals surface area contributed by atoms with Crippen LogP contribution in [-0.4, -0.2) is 23.9 Å². The highest BCUT2D eigenvalue weighted by atomic mass is 32.1. The number of carboxylic acid groups (broad SMARTS) is 1. The molecule has 0 fully saturated rings. The summed E-state index contributed by atoms with van der Waals surface area (Å²) < 4.78 is 5.12. The van der Waals surface area contributed by atoms with Crippen LogP contribution in [0.25, 0.3) is 0 Å². The maximum absolute atomic E-state index is 10.6. The van der Waals surface area contributed by atoms with E-state index in [4.69, 9.17) is 9.84 Å². The molecule has 1 N–H and O–H groups in total. The first-order valence-corrected chi connectivity index (χ1v) is 5.29. The Bertz CT molecular complexity index is 443. The number of methoxy groups -OCH3 is 1. The van der Waals surface area contributed by atoms with Gasteiger partial charge in [-0.25, -0.2) is 0 Å². The minimum Gasteiger partial charge on any atom is -0.496 e. The van der Waals surface area contributed by atoms with Crippen LogP contribution < -0.4 is 4.74 Å². The normalized spacial score (nSPS) is 9.12. The lowest BCUT2D eigenvalue weighted by Crippen LogP contribution is -2.02. The third-order valence-electron chi connectivity index (χ3n) is 1.94. The van der Waals surface area contributed by atoms with Gasteiger partial charge in [-0.3, -0.25) is 4.79 Å². The van der Waals surface area contributed by atoms with Gasteiger partial charge in [0.1, 0.15) is 5.75 Å². The molecule has 0 amide bonds. The molecule has 16 heavy (non-hydrogen) atoms. The monoisotopic (exact) mass is 236 g/mol. The molecule has 0 radical (unpaired) electrons. The van der Waals surface area contributed by atoms with Crippen LogP contribution >= 0.6 is 12.6 Å². The first-order valence-electron chi connectivity index (χ1n) is 4.66. The summed E-state index contributed by atoms with van der Waals surface area (Å²) >= 11 is 3.98. The highest BCUT2D eigenvalue weighted by Crippen LogP contribution is 2.20. The number of ether oxygens (including phenoxy) is 1. The molecule has 0 saturated carbocycles. The van der Waals surface area contributed by atoms with E-state index in [0.29, 0.717) is 17.1 Å². The molecule has 1 aromatic carbocycles. The van der Waals surface area contributed by atoms with Crippen molar-refractivity contribution in [2.45, 2.75) is 6.42 Å². The molecule has 0 saturated heterocycles. The van der Waals surface area contributed by atoms with Gasteiger partial charge in [-0.1, -0.05) is 17.9 Å². The molecular formula is C12H12O3S. The van der Waals surface area contributed by atoms with Gasteiger partial charge in [0.25, 0.3) is 0 Å². The molecule has 0 heterocycles. The van der Waals surface area contributed by atoms with Crippen LogP contribution in [0.3, 0.4) is 0 Å². The van der Waals surface area contributed by atoms with Gasteiger partial charge in [-0.2, -0.15) is 12.6 Å². The lowest BCUT2D eigenvalue weighted by Gasteiger charge is -2.06. The van der Waals surface area contributed by atoms with Gasteiger partial charge in [-0.05, 0) is 12.1 Å².